The van der Waals surface area contributed by atoms with E-state index in [1.165, 1.54) is 17.2 Å². The van der Waals surface area contributed by atoms with Crippen molar-refractivity contribution in [2.45, 2.75) is 0 Å². The minimum absolute atomic E-state index is 0.361. The molecule has 0 unspecified atom stereocenters. The van der Waals surface area contributed by atoms with Crippen LogP contribution in [-0.2, 0) is 0 Å². The molecule has 0 fully saturated rings. The summed E-state index contributed by atoms with van der Waals surface area (Å²) in [4.78, 5) is 3.65. The van der Waals surface area contributed by atoms with Crippen LogP contribution < -0.4 is 5.73 Å². The molecule has 4 nitrogen and oxygen atoms in total. The highest BCUT2D eigenvalue weighted by molar-refractivity contribution is 5.27. The second-order valence-electron chi connectivity index (χ2n) is 1.25. The Balaban J connectivity index is 3.09. The Kier molecular flexibility index (Phi) is 0.997. The van der Waals surface area contributed by atoms with Crippen LogP contribution in [0.1, 0.15) is 0 Å². The Morgan fingerprint density at radius 1 is 1.88 bits per heavy atom. The average Bonchev–Trinajstić information content (AvgIpc) is 2.14. The monoisotopic (exact) mass is 110 g/mol. The molecule has 42 valence electrons. The van der Waals surface area contributed by atoms with Crippen LogP contribution in [0.5, 0.6) is 0 Å². The summed E-state index contributed by atoms with van der Waals surface area (Å²) in [6.07, 6.45) is 2.86. The number of aromatic nitrogens is 3. The summed E-state index contributed by atoms with van der Waals surface area (Å²) in [5, 5.41) is 3.70. The van der Waals surface area contributed by atoms with Crippen molar-refractivity contribution in [3.63, 3.8) is 0 Å². The number of nitrogens with two attached hydrogens (primary N) is 1. The van der Waals surface area contributed by atoms with E-state index in [0.717, 1.165) is 0 Å². The smallest absolute Gasteiger partial charge is 0.222 e. The summed E-state index contributed by atoms with van der Waals surface area (Å²) in [5.74, 6) is 0.361. The molecule has 8 heavy (non-hydrogen) atoms. The minimum Gasteiger partial charge on any atom is -0.368 e. The predicted molar refractivity (Wildman–Crippen MR) is 30.8 cm³/mol. The standard InChI is InChI=1S/C4H6N4/c1-2-8-4(5)6-3-7-8/h2-3H,1H2,(H2,5,6,7). The van der Waals surface area contributed by atoms with Gasteiger partial charge in [-0.1, -0.05) is 6.58 Å². The number of nitrogen functional groups attached to an aromatic ring is 1. The van der Waals surface area contributed by atoms with E-state index >= 15 is 0 Å². The van der Waals surface area contributed by atoms with E-state index in [9.17, 15) is 0 Å². The highest BCUT2D eigenvalue weighted by atomic mass is 15.4. The number of nitrogens with zero attached hydrogens (tertiary/aromatic N) is 3. The zero-order valence-electron chi connectivity index (χ0n) is 4.28. The van der Waals surface area contributed by atoms with Crippen molar-refractivity contribution in [2.75, 3.05) is 5.73 Å². The summed E-state index contributed by atoms with van der Waals surface area (Å²) in [7, 11) is 0. The molecule has 1 aromatic heterocycles. The van der Waals surface area contributed by atoms with Crippen LogP contribution in [0.25, 0.3) is 6.20 Å². The Morgan fingerprint density at radius 3 is 2.88 bits per heavy atom. The fraction of sp³-hybridized carbons (Fsp3) is 0. The lowest BCUT2D eigenvalue weighted by molar-refractivity contribution is 0.947. The molecule has 0 radical (unpaired) electrons. The second kappa shape index (κ2) is 1.65. The molecular weight excluding hydrogens is 104 g/mol. The number of anilines is 1. The highest BCUT2D eigenvalue weighted by Crippen LogP contribution is 1.91. The summed E-state index contributed by atoms with van der Waals surface area (Å²) in [6, 6.07) is 0. The van der Waals surface area contributed by atoms with Crippen LogP contribution >= 0.6 is 0 Å². The van der Waals surface area contributed by atoms with Crippen LogP contribution in [0, 0.1) is 0 Å². The van der Waals surface area contributed by atoms with Gasteiger partial charge in [0.25, 0.3) is 0 Å². The third kappa shape index (κ3) is 0.556. The quantitative estimate of drug-likeness (QED) is 0.551. The molecular formula is C4H6N4. The molecule has 0 spiro atoms. The summed E-state index contributed by atoms with van der Waals surface area (Å²) < 4.78 is 1.39. The SMILES string of the molecule is C=Cn1ncnc1N. The van der Waals surface area contributed by atoms with E-state index in [-0.39, 0.29) is 0 Å². The summed E-state index contributed by atoms with van der Waals surface area (Å²) in [6.45, 7) is 3.44. The normalized spacial score (nSPS) is 9.00. The molecule has 0 saturated carbocycles. The van der Waals surface area contributed by atoms with Gasteiger partial charge in [-0.2, -0.15) is 10.1 Å². The van der Waals surface area contributed by atoms with Gasteiger partial charge in [0, 0.05) is 6.20 Å². The fourth-order valence-corrected chi connectivity index (χ4v) is 0.400. The first kappa shape index (κ1) is 4.83. The van der Waals surface area contributed by atoms with Crippen LogP contribution in [-0.4, -0.2) is 14.8 Å². The third-order valence-corrected chi connectivity index (χ3v) is 0.774. The van der Waals surface area contributed by atoms with Gasteiger partial charge in [0.2, 0.25) is 5.95 Å². The Hall–Kier alpha value is -1.32. The van der Waals surface area contributed by atoms with Crippen molar-refractivity contribution < 1.29 is 0 Å². The summed E-state index contributed by atoms with van der Waals surface area (Å²) >= 11 is 0. The molecule has 1 rings (SSSR count). The minimum atomic E-state index is 0.361. The van der Waals surface area contributed by atoms with E-state index in [2.05, 4.69) is 16.7 Å². The molecule has 1 heterocycles. The topological polar surface area (TPSA) is 56.7 Å². The van der Waals surface area contributed by atoms with Crippen molar-refractivity contribution in [1.29, 1.82) is 0 Å². The zero-order chi connectivity index (χ0) is 5.98. The number of hydrogen-bond acceptors (Lipinski definition) is 3. The maximum absolute atomic E-state index is 5.27. The van der Waals surface area contributed by atoms with Crippen molar-refractivity contribution >= 4 is 12.1 Å². The Morgan fingerprint density at radius 2 is 2.62 bits per heavy atom. The van der Waals surface area contributed by atoms with E-state index in [1.807, 2.05) is 0 Å². The van der Waals surface area contributed by atoms with Crippen LogP contribution in [0.3, 0.4) is 0 Å². The van der Waals surface area contributed by atoms with Gasteiger partial charge in [-0.25, -0.2) is 4.68 Å². The largest absolute Gasteiger partial charge is 0.368 e. The molecule has 0 aliphatic rings. The highest BCUT2D eigenvalue weighted by Gasteiger charge is 1.89. The lowest BCUT2D eigenvalue weighted by Gasteiger charge is -1.87. The maximum atomic E-state index is 5.27. The van der Waals surface area contributed by atoms with Gasteiger partial charge in [-0.3, -0.25) is 0 Å². The first-order chi connectivity index (χ1) is 3.84. The van der Waals surface area contributed by atoms with Gasteiger partial charge in [0.1, 0.15) is 6.33 Å². The van der Waals surface area contributed by atoms with Gasteiger partial charge in [0.15, 0.2) is 0 Å². The number of rotatable bonds is 1. The first-order valence-electron chi connectivity index (χ1n) is 2.12. The van der Waals surface area contributed by atoms with Gasteiger partial charge >= 0.3 is 0 Å². The molecule has 0 saturated heterocycles. The van der Waals surface area contributed by atoms with E-state index < -0.39 is 0 Å². The van der Waals surface area contributed by atoms with Crippen molar-refractivity contribution in [3.05, 3.63) is 12.9 Å². The molecule has 0 bridgehead atoms. The van der Waals surface area contributed by atoms with Gasteiger partial charge in [-0.05, 0) is 0 Å². The summed E-state index contributed by atoms with van der Waals surface area (Å²) in [5.41, 5.74) is 5.27. The lowest BCUT2D eigenvalue weighted by Crippen LogP contribution is -1.95. The van der Waals surface area contributed by atoms with Crippen molar-refractivity contribution in [1.82, 2.24) is 14.8 Å². The molecule has 0 aliphatic carbocycles. The van der Waals surface area contributed by atoms with E-state index in [4.69, 9.17) is 5.73 Å². The molecule has 4 heteroatoms. The van der Waals surface area contributed by atoms with Crippen molar-refractivity contribution in [2.24, 2.45) is 0 Å². The zero-order valence-corrected chi connectivity index (χ0v) is 4.28. The fourth-order valence-electron chi connectivity index (χ4n) is 0.400. The number of hydrogen-bond donors (Lipinski definition) is 1. The van der Waals surface area contributed by atoms with Crippen LogP contribution in [0.15, 0.2) is 12.9 Å². The van der Waals surface area contributed by atoms with Gasteiger partial charge < -0.3 is 5.73 Å². The molecule has 0 aromatic carbocycles. The van der Waals surface area contributed by atoms with Crippen LogP contribution in [0.2, 0.25) is 0 Å². The molecule has 1 aromatic rings. The van der Waals surface area contributed by atoms with Crippen molar-refractivity contribution in [3.8, 4) is 0 Å². The molecule has 2 N–H and O–H groups in total. The second-order valence-corrected chi connectivity index (χ2v) is 1.25. The Labute approximate surface area is 46.6 Å². The van der Waals surface area contributed by atoms with E-state index in [1.54, 1.807) is 0 Å². The molecule has 0 aliphatic heterocycles. The molecule has 0 amide bonds. The predicted octanol–water partition coefficient (Wildman–Crippen LogP) is -0.0392. The first-order valence-corrected chi connectivity index (χ1v) is 2.12. The van der Waals surface area contributed by atoms with Gasteiger partial charge in [-0.15, -0.1) is 0 Å². The Bertz CT molecular complexity index is 190. The third-order valence-electron chi connectivity index (χ3n) is 0.774. The van der Waals surface area contributed by atoms with Crippen LogP contribution in [0.4, 0.5) is 5.95 Å². The van der Waals surface area contributed by atoms with E-state index in [0.29, 0.717) is 5.95 Å². The molecule has 0 atom stereocenters. The van der Waals surface area contributed by atoms with Gasteiger partial charge in [0.05, 0.1) is 0 Å². The average molecular weight is 110 g/mol. The maximum Gasteiger partial charge on any atom is 0.222 e. The lowest BCUT2D eigenvalue weighted by atomic mass is 10.9.